The van der Waals surface area contributed by atoms with Gasteiger partial charge < -0.3 is 35.0 Å². The van der Waals surface area contributed by atoms with Gasteiger partial charge >= 0.3 is 6.03 Å². The number of nitrogens with one attached hydrogen (secondary N) is 2. The fraction of sp³-hybridized carbons (Fsp3) is 0.704. The van der Waals surface area contributed by atoms with Crippen LogP contribution in [0.25, 0.3) is 0 Å². The van der Waals surface area contributed by atoms with Gasteiger partial charge in [-0.15, -0.1) is 0 Å². The van der Waals surface area contributed by atoms with E-state index in [2.05, 4.69) is 22.5 Å². The van der Waals surface area contributed by atoms with Crippen LogP contribution >= 0.6 is 0 Å². The zero-order chi connectivity index (χ0) is 26.8. The average molecular weight is 507 g/mol. The minimum atomic E-state index is -0.404. The molecule has 1 aliphatic rings. The molecule has 3 N–H and O–H groups in total. The maximum Gasteiger partial charge on any atom is 0.319 e. The zero-order valence-corrected chi connectivity index (χ0v) is 23.0. The SMILES string of the molecule is CC(C)NC(=O)Nc1ccc2c(c1)C(=O)N([C@H](C)CO)C[C@H](C)[C@@H](CN(C)C)OCCCC[C@H](C)O2. The first kappa shape index (κ1) is 29.9. The topological polar surface area (TPSA) is 103 Å². The predicted octanol–water partition coefficient (Wildman–Crippen LogP) is 3.57. The Balaban J connectivity index is 2.46. The first-order valence-electron chi connectivity index (χ1n) is 13.1. The largest absolute Gasteiger partial charge is 0.490 e. The standard InChI is InChI=1S/C27H46N4O5/c1-18(2)28-27(34)29-22-11-12-24-23(14-22)26(33)31(20(4)17-32)15-19(3)25(16-30(6)7)35-13-9-8-10-21(5)36-24/h11-12,14,18-21,25,32H,8-10,13,15-17H2,1-7H3,(H2,28,29,34)/t19-,20+,21-,25+/m0/s1. The molecule has 1 heterocycles. The van der Waals surface area contributed by atoms with E-state index >= 15 is 0 Å². The van der Waals surface area contributed by atoms with Gasteiger partial charge in [-0.1, -0.05) is 6.92 Å². The summed E-state index contributed by atoms with van der Waals surface area (Å²) in [5.41, 5.74) is 0.856. The average Bonchev–Trinajstić information content (AvgIpc) is 2.80. The van der Waals surface area contributed by atoms with E-state index in [1.807, 2.05) is 41.8 Å². The third kappa shape index (κ3) is 9.26. The molecule has 1 aliphatic heterocycles. The molecule has 1 aromatic carbocycles. The van der Waals surface area contributed by atoms with E-state index in [0.717, 1.165) is 25.8 Å². The molecule has 9 nitrogen and oxygen atoms in total. The van der Waals surface area contributed by atoms with E-state index < -0.39 is 6.04 Å². The van der Waals surface area contributed by atoms with Crippen LogP contribution in [0.2, 0.25) is 0 Å². The second-order valence-corrected chi connectivity index (χ2v) is 10.5. The van der Waals surface area contributed by atoms with Gasteiger partial charge in [0.2, 0.25) is 0 Å². The lowest BCUT2D eigenvalue weighted by molar-refractivity contribution is -0.0137. The van der Waals surface area contributed by atoms with Crippen molar-refractivity contribution >= 4 is 17.6 Å². The van der Waals surface area contributed by atoms with Crippen molar-refractivity contribution in [1.82, 2.24) is 15.1 Å². The highest BCUT2D eigenvalue weighted by molar-refractivity contribution is 5.99. The Labute approximate surface area is 216 Å². The number of anilines is 1. The predicted molar refractivity (Wildman–Crippen MR) is 143 cm³/mol. The van der Waals surface area contributed by atoms with E-state index in [9.17, 15) is 14.7 Å². The van der Waals surface area contributed by atoms with Crippen LogP contribution in [0, 0.1) is 5.92 Å². The molecule has 1 aromatic rings. The first-order chi connectivity index (χ1) is 17.0. The molecule has 2 rings (SSSR count). The fourth-order valence-electron chi connectivity index (χ4n) is 4.25. The summed E-state index contributed by atoms with van der Waals surface area (Å²) >= 11 is 0. The second-order valence-electron chi connectivity index (χ2n) is 10.5. The van der Waals surface area contributed by atoms with E-state index in [4.69, 9.17) is 9.47 Å². The Hall–Kier alpha value is -2.36. The lowest BCUT2D eigenvalue weighted by atomic mass is 10.0. The van der Waals surface area contributed by atoms with E-state index in [-0.39, 0.29) is 42.7 Å². The lowest BCUT2D eigenvalue weighted by Gasteiger charge is -2.35. The van der Waals surface area contributed by atoms with Crippen molar-refractivity contribution in [2.24, 2.45) is 5.92 Å². The molecule has 9 heteroatoms. The molecular formula is C27H46N4O5. The number of likely N-dealkylation sites (N-methyl/N-ethyl adjacent to an activating group) is 1. The number of carbonyl (C=O) groups excluding carboxylic acids is 2. The number of fused-ring (bicyclic) bond motifs is 1. The van der Waals surface area contributed by atoms with Crippen LogP contribution in [0.5, 0.6) is 5.75 Å². The van der Waals surface area contributed by atoms with Gasteiger partial charge in [-0.3, -0.25) is 4.79 Å². The molecule has 0 radical (unpaired) electrons. The summed E-state index contributed by atoms with van der Waals surface area (Å²) < 4.78 is 12.5. The van der Waals surface area contributed by atoms with E-state index in [1.54, 1.807) is 23.1 Å². The monoisotopic (exact) mass is 506 g/mol. The molecule has 3 amide bonds. The van der Waals surface area contributed by atoms with Gasteiger partial charge in [0.25, 0.3) is 5.91 Å². The number of benzene rings is 1. The summed E-state index contributed by atoms with van der Waals surface area (Å²) in [7, 11) is 4.03. The molecule has 36 heavy (non-hydrogen) atoms. The van der Waals surface area contributed by atoms with E-state index in [0.29, 0.717) is 30.2 Å². The zero-order valence-electron chi connectivity index (χ0n) is 23.0. The highest BCUT2D eigenvalue weighted by atomic mass is 16.5. The number of nitrogens with zero attached hydrogens (tertiary/aromatic N) is 2. The molecule has 0 unspecified atom stereocenters. The molecule has 0 spiro atoms. The second kappa shape index (κ2) is 14.4. The molecule has 4 atom stereocenters. The van der Waals surface area contributed by atoms with Crippen molar-refractivity contribution < 1.29 is 24.2 Å². The number of ether oxygens (including phenoxy) is 2. The summed E-state index contributed by atoms with van der Waals surface area (Å²) in [4.78, 5) is 30.0. The molecule has 0 aromatic heterocycles. The van der Waals surface area contributed by atoms with Crippen molar-refractivity contribution in [1.29, 1.82) is 0 Å². The molecule has 0 saturated carbocycles. The summed E-state index contributed by atoms with van der Waals surface area (Å²) in [6, 6.07) is 4.37. The molecule has 0 bridgehead atoms. The lowest BCUT2D eigenvalue weighted by Crippen LogP contribution is -2.47. The summed E-state index contributed by atoms with van der Waals surface area (Å²) in [6.45, 7) is 11.3. The maximum absolute atomic E-state index is 14.0. The van der Waals surface area contributed by atoms with Gasteiger partial charge in [0.05, 0.1) is 30.4 Å². The quantitative estimate of drug-likeness (QED) is 0.545. The van der Waals surface area contributed by atoms with Crippen LogP contribution in [0.15, 0.2) is 18.2 Å². The van der Waals surface area contributed by atoms with Crippen molar-refractivity contribution in [3.63, 3.8) is 0 Å². The molecule has 204 valence electrons. The number of aliphatic hydroxyl groups is 1. The number of amides is 3. The highest BCUT2D eigenvalue weighted by Gasteiger charge is 2.30. The van der Waals surface area contributed by atoms with Gasteiger partial charge in [0.1, 0.15) is 5.75 Å². The third-order valence-electron chi connectivity index (χ3n) is 6.27. The van der Waals surface area contributed by atoms with Crippen LogP contribution in [-0.4, -0.2) is 91.5 Å². The van der Waals surface area contributed by atoms with Gasteiger partial charge in [-0.05, 0) is 79.3 Å². The molecular weight excluding hydrogens is 460 g/mol. The normalized spacial score (nSPS) is 23.0. The number of carbonyl (C=O) groups is 2. The van der Waals surface area contributed by atoms with Crippen LogP contribution in [0.3, 0.4) is 0 Å². The number of rotatable bonds is 6. The Morgan fingerprint density at radius 1 is 1.22 bits per heavy atom. The van der Waals surface area contributed by atoms with Crippen molar-refractivity contribution in [3.8, 4) is 5.75 Å². The van der Waals surface area contributed by atoms with Crippen molar-refractivity contribution in [3.05, 3.63) is 23.8 Å². The van der Waals surface area contributed by atoms with Crippen LogP contribution < -0.4 is 15.4 Å². The minimum absolute atomic E-state index is 0.0205. The Morgan fingerprint density at radius 2 is 1.94 bits per heavy atom. The Bertz CT molecular complexity index is 847. The Morgan fingerprint density at radius 3 is 2.58 bits per heavy atom. The molecule has 0 fully saturated rings. The van der Waals surface area contributed by atoms with Crippen molar-refractivity contribution in [2.45, 2.75) is 78.2 Å². The maximum atomic E-state index is 14.0. The molecule has 0 saturated heterocycles. The highest BCUT2D eigenvalue weighted by Crippen LogP contribution is 2.28. The van der Waals surface area contributed by atoms with Crippen molar-refractivity contribution in [2.75, 3.05) is 45.7 Å². The van der Waals surface area contributed by atoms with Crippen LogP contribution in [-0.2, 0) is 4.74 Å². The van der Waals surface area contributed by atoms with Gasteiger partial charge in [0, 0.05) is 37.3 Å². The Kier molecular flexibility index (Phi) is 11.9. The smallest absolute Gasteiger partial charge is 0.319 e. The molecule has 0 aliphatic carbocycles. The number of hydrogen-bond acceptors (Lipinski definition) is 6. The van der Waals surface area contributed by atoms with Gasteiger partial charge in [-0.25, -0.2) is 4.79 Å². The van der Waals surface area contributed by atoms with Crippen LogP contribution in [0.4, 0.5) is 10.5 Å². The summed E-state index contributed by atoms with van der Waals surface area (Å²) in [5.74, 6) is 0.261. The fourth-order valence-corrected chi connectivity index (χ4v) is 4.25. The van der Waals surface area contributed by atoms with Gasteiger partial charge in [-0.2, -0.15) is 0 Å². The van der Waals surface area contributed by atoms with Crippen LogP contribution in [0.1, 0.15) is 64.2 Å². The first-order valence-corrected chi connectivity index (χ1v) is 13.1. The number of aliphatic hydroxyl groups excluding tert-OH is 1. The van der Waals surface area contributed by atoms with Gasteiger partial charge in [0.15, 0.2) is 0 Å². The number of hydrogen-bond donors (Lipinski definition) is 3. The summed E-state index contributed by atoms with van der Waals surface area (Å²) in [5, 5.41) is 15.6. The van der Waals surface area contributed by atoms with E-state index in [1.165, 1.54) is 0 Å². The third-order valence-corrected chi connectivity index (χ3v) is 6.27. The number of urea groups is 1. The minimum Gasteiger partial charge on any atom is -0.490 e. The summed E-state index contributed by atoms with van der Waals surface area (Å²) in [6.07, 6.45) is 2.57.